The molecule has 0 fully saturated rings. The van der Waals surface area contributed by atoms with Gasteiger partial charge in [0.05, 0.1) is 10.6 Å². The Morgan fingerprint density at radius 2 is 1.80 bits per heavy atom. The SMILES string of the molecule is NS(=O)(=O)c1ccc2c(c1)C(=C(c1ccccc1)c1ccc[nH]1)C=N2. The van der Waals surface area contributed by atoms with Crippen molar-refractivity contribution in [1.82, 2.24) is 4.98 Å². The number of nitrogens with two attached hydrogens (primary N) is 1. The molecule has 0 aliphatic carbocycles. The predicted octanol–water partition coefficient (Wildman–Crippen LogP) is 3.34. The maximum atomic E-state index is 11.7. The minimum absolute atomic E-state index is 0.0770. The minimum Gasteiger partial charge on any atom is -0.361 e. The number of aliphatic imine (C=N–C) groups is 1. The fourth-order valence-electron chi connectivity index (χ4n) is 2.97. The van der Waals surface area contributed by atoms with Crippen molar-refractivity contribution in [3.05, 3.63) is 83.7 Å². The zero-order chi connectivity index (χ0) is 17.4. The fourth-order valence-corrected chi connectivity index (χ4v) is 3.51. The van der Waals surface area contributed by atoms with Crippen molar-refractivity contribution in [3.8, 4) is 0 Å². The van der Waals surface area contributed by atoms with Gasteiger partial charge in [-0.05, 0) is 35.9 Å². The van der Waals surface area contributed by atoms with Crippen LogP contribution in [0.3, 0.4) is 0 Å². The van der Waals surface area contributed by atoms with E-state index < -0.39 is 10.0 Å². The summed E-state index contributed by atoms with van der Waals surface area (Å²) in [5.74, 6) is 0. The molecule has 0 atom stereocenters. The van der Waals surface area contributed by atoms with Crippen LogP contribution in [0.25, 0.3) is 11.1 Å². The van der Waals surface area contributed by atoms with Gasteiger partial charge in [-0.3, -0.25) is 4.99 Å². The lowest BCUT2D eigenvalue weighted by Crippen LogP contribution is -2.12. The number of aromatic amines is 1. The van der Waals surface area contributed by atoms with Gasteiger partial charge in [-0.15, -0.1) is 0 Å². The second-order valence-corrected chi connectivity index (χ2v) is 7.28. The summed E-state index contributed by atoms with van der Waals surface area (Å²) in [5.41, 5.74) is 5.23. The van der Waals surface area contributed by atoms with E-state index in [4.69, 9.17) is 5.14 Å². The summed E-state index contributed by atoms with van der Waals surface area (Å²) in [5, 5.41) is 5.29. The number of nitrogens with zero attached hydrogens (tertiary/aromatic N) is 1. The van der Waals surface area contributed by atoms with Crippen molar-refractivity contribution < 1.29 is 8.42 Å². The molecule has 0 radical (unpaired) electrons. The third kappa shape index (κ3) is 2.82. The Morgan fingerprint density at radius 3 is 2.48 bits per heavy atom. The topological polar surface area (TPSA) is 88.3 Å². The Balaban J connectivity index is 2.00. The summed E-state index contributed by atoms with van der Waals surface area (Å²) >= 11 is 0. The molecule has 1 aliphatic heterocycles. The molecular formula is C19H15N3O2S. The lowest BCUT2D eigenvalue weighted by molar-refractivity contribution is 0.598. The second kappa shape index (κ2) is 5.84. The van der Waals surface area contributed by atoms with Gasteiger partial charge in [0.1, 0.15) is 0 Å². The lowest BCUT2D eigenvalue weighted by Gasteiger charge is -2.11. The van der Waals surface area contributed by atoms with Crippen LogP contribution in [0.1, 0.15) is 16.8 Å². The largest absolute Gasteiger partial charge is 0.361 e. The summed E-state index contributed by atoms with van der Waals surface area (Å²) in [6.07, 6.45) is 3.62. The van der Waals surface area contributed by atoms with Gasteiger partial charge in [0.2, 0.25) is 10.0 Å². The normalized spacial score (nSPS) is 15.2. The predicted molar refractivity (Wildman–Crippen MR) is 99.1 cm³/mol. The molecule has 6 heteroatoms. The monoisotopic (exact) mass is 349 g/mol. The maximum absolute atomic E-state index is 11.7. The molecule has 0 saturated carbocycles. The number of hydrogen-bond donors (Lipinski definition) is 2. The van der Waals surface area contributed by atoms with Gasteiger partial charge >= 0.3 is 0 Å². The van der Waals surface area contributed by atoms with Crippen LogP contribution in [-0.2, 0) is 10.0 Å². The van der Waals surface area contributed by atoms with Crippen LogP contribution >= 0.6 is 0 Å². The van der Waals surface area contributed by atoms with E-state index in [2.05, 4.69) is 9.98 Å². The number of aromatic nitrogens is 1. The number of hydrogen-bond acceptors (Lipinski definition) is 3. The van der Waals surface area contributed by atoms with Gasteiger partial charge < -0.3 is 4.98 Å². The third-order valence-electron chi connectivity index (χ3n) is 4.12. The zero-order valence-electron chi connectivity index (χ0n) is 13.2. The molecule has 3 N–H and O–H groups in total. The maximum Gasteiger partial charge on any atom is 0.238 e. The van der Waals surface area contributed by atoms with Crippen LogP contribution in [0.15, 0.2) is 76.7 Å². The van der Waals surface area contributed by atoms with Crippen LogP contribution in [0, 0.1) is 0 Å². The molecule has 0 saturated heterocycles. The van der Waals surface area contributed by atoms with Crippen LogP contribution in [0.2, 0.25) is 0 Å². The van der Waals surface area contributed by atoms with Crippen LogP contribution < -0.4 is 5.14 Å². The number of allylic oxidation sites excluding steroid dienone is 1. The van der Waals surface area contributed by atoms with Gasteiger partial charge in [-0.2, -0.15) is 0 Å². The molecule has 0 amide bonds. The molecule has 1 aliphatic rings. The highest BCUT2D eigenvalue weighted by atomic mass is 32.2. The van der Waals surface area contributed by atoms with Gasteiger partial charge in [0.25, 0.3) is 0 Å². The minimum atomic E-state index is -3.78. The molecule has 2 aromatic carbocycles. The smallest absolute Gasteiger partial charge is 0.238 e. The van der Waals surface area contributed by atoms with E-state index in [9.17, 15) is 8.42 Å². The van der Waals surface area contributed by atoms with E-state index in [0.717, 1.165) is 33.7 Å². The highest BCUT2D eigenvalue weighted by Crippen LogP contribution is 2.39. The highest BCUT2D eigenvalue weighted by molar-refractivity contribution is 7.89. The van der Waals surface area contributed by atoms with Crippen molar-refractivity contribution in [1.29, 1.82) is 0 Å². The van der Waals surface area contributed by atoms with E-state index in [0.29, 0.717) is 0 Å². The summed E-state index contributed by atoms with van der Waals surface area (Å²) in [6.45, 7) is 0. The van der Waals surface area contributed by atoms with E-state index in [1.165, 1.54) is 6.07 Å². The van der Waals surface area contributed by atoms with Gasteiger partial charge in [0, 0.05) is 34.8 Å². The molecule has 0 spiro atoms. The third-order valence-corrected chi connectivity index (χ3v) is 5.03. The number of primary sulfonamides is 1. The Kier molecular flexibility index (Phi) is 3.63. The van der Waals surface area contributed by atoms with Crippen molar-refractivity contribution in [2.24, 2.45) is 10.1 Å². The Hall–Kier alpha value is -2.96. The first-order valence-electron chi connectivity index (χ1n) is 7.69. The number of nitrogens with one attached hydrogen (secondary N) is 1. The van der Waals surface area contributed by atoms with Crippen molar-refractivity contribution in [3.63, 3.8) is 0 Å². The molecule has 0 bridgehead atoms. The van der Waals surface area contributed by atoms with E-state index in [-0.39, 0.29) is 4.90 Å². The first kappa shape index (κ1) is 15.6. The summed E-state index contributed by atoms with van der Waals surface area (Å²) in [6, 6.07) is 18.5. The van der Waals surface area contributed by atoms with Crippen LogP contribution in [0.5, 0.6) is 0 Å². The average molecular weight is 349 g/mol. The number of fused-ring (bicyclic) bond motifs is 1. The molecule has 4 rings (SSSR count). The van der Waals surface area contributed by atoms with Gasteiger partial charge in [0.15, 0.2) is 0 Å². The summed E-state index contributed by atoms with van der Waals surface area (Å²) in [7, 11) is -3.78. The van der Waals surface area contributed by atoms with Crippen molar-refractivity contribution in [2.45, 2.75) is 4.90 Å². The van der Waals surface area contributed by atoms with Crippen molar-refractivity contribution in [2.75, 3.05) is 0 Å². The van der Waals surface area contributed by atoms with Crippen LogP contribution in [0.4, 0.5) is 5.69 Å². The summed E-state index contributed by atoms with van der Waals surface area (Å²) in [4.78, 5) is 7.73. The quantitative estimate of drug-likeness (QED) is 0.759. The molecule has 1 aromatic heterocycles. The molecular weight excluding hydrogens is 334 g/mol. The summed E-state index contributed by atoms with van der Waals surface area (Å²) < 4.78 is 23.4. The second-order valence-electron chi connectivity index (χ2n) is 5.72. The number of rotatable bonds is 3. The average Bonchev–Trinajstić information content (AvgIpc) is 3.26. The van der Waals surface area contributed by atoms with E-state index in [1.54, 1.807) is 18.3 Å². The Labute approximate surface area is 145 Å². The molecule has 124 valence electrons. The molecule has 5 nitrogen and oxygen atoms in total. The molecule has 2 heterocycles. The fraction of sp³-hybridized carbons (Fsp3) is 0. The number of benzene rings is 2. The van der Waals surface area contributed by atoms with E-state index in [1.807, 2.05) is 48.7 Å². The van der Waals surface area contributed by atoms with Gasteiger partial charge in [-0.25, -0.2) is 13.6 Å². The zero-order valence-corrected chi connectivity index (χ0v) is 14.0. The number of H-pyrrole nitrogens is 1. The molecule has 25 heavy (non-hydrogen) atoms. The highest BCUT2D eigenvalue weighted by Gasteiger charge is 2.21. The molecule has 0 unspecified atom stereocenters. The Morgan fingerprint density at radius 1 is 1.00 bits per heavy atom. The van der Waals surface area contributed by atoms with Crippen molar-refractivity contribution >= 4 is 33.1 Å². The number of sulfonamides is 1. The van der Waals surface area contributed by atoms with E-state index >= 15 is 0 Å². The first-order chi connectivity index (χ1) is 12.0. The first-order valence-corrected chi connectivity index (χ1v) is 9.23. The molecule has 3 aromatic rings. The Bertz CT molecular complexity index is 1100. The van der Waals surface area contributed by atoms with Crippen LogP contribution in [-0.4, -0.2) is 19.6 Å². The van der Waals surface area contributed by atoms with Gasteiger partial charge in [-0.1, -0.05) is 30.3 Å². The lowest BCUT2D eigenvalue weighted by atomic mass is 9.93. The standard InChI is InChI=1S/C19H15N3O2S/c20-25(23,24)14-8-9-17-15(11-14)16(12-22-17)19(18-7-4-10-21-18)13-5-2-1-3-6-13/h1-12,21H,(H2,20,23,24).